The van der Waals surface area contributed by atoms with Crippen molar-refractivity contribution in [1.82, 2.24) is 19.5 Å². The molecule has 0 aliphatic heterocycles. The fourth-order valence-electron chi connectivity index (χ4n) is 10.1. The van der Waals surface area contributed by atoms with Crippen LogP contribution in [0.15, 0.2) is 211 Å². The summed E-state index contributed by atoms with van der Waals surface area (Å²) >= 11 is 1.86. The molecule has 65 heavy (non-hydrogen) atoms. The van der Waals surface area contributed by atoms with Gasteiger partial charge >= 0.3 is 0 Å². The van der Waals surface area contributed by atoms with Crippen molar-refractivity contribution in [3.63, 3.8) is 0 Å². The Morgan fingerprint density at radius 1 is 0.369 bits per heavy atom. The van der Waals surface area contributed by atoms with Crippen LogP contribution in [0.4, 0.5) is 0 Å². The molecule has 0 N–H and O–H groups in total. The quantitative estimate of drug-likeness (QED) is 0.173. The monoisotopic (exact) mass is 846 g/mol. The summed E-state index contributed by atoms with van der Waals surface area (Å²) in [5, 5.41) is 11.7. The van der Waals surface area contributed by atoms with E-state index in [0.29, 0.717) is 17.5 Å². The fraction of sp³-hybridized carbons (Fsp3) is 0. The SMILES string of the molecule is c1ccc(-c2nc(-c3ccc(-n4c5ccccc5c5cc6ccccc6cc54)cc3-c3cc4ccccc4c4sc5ccccc5c34)nc(-c3cccc4oc5ccccc5c34)n2)cc1. The summed E-state index contributed by atoms with van der Waals surface area (Å²) in [6.07, 6.45) is 0. The highest BCUT2D eigenvalue weighted by atomic mass is 32.1. The molecule has 0 atom stereocenters. The maximum absolute atomic E-state index is 6.39. The molecule has 0 amide bonds. The lowest BCUT2D eigenvalue weighted by molar-refractivity contribution is 0.669. The number of aromatic nitrogens is 4. The molecule has 4 aromatic heterocycles. The van der Waals surface area contributed by atoms with Crippen molar-refractivity contribution in [2.75, 3.05) is 0 Å². The number of hydrogen-bond acceptors (Lipinski definition) is 5. The fourth-order valence-corrected chi connectivity index (χ4v) is 11.4. The highest BCUT2D eigenvalue weighted by molar-refractivity contribution is 7.26. The second-order valence-corrected chi connectivity index (χ2v) is 17.7. The second kappa shape index (κ2) is 14.0. The van der Waals surface area contributed by atoms with E-state index in [9.17, 15) is 0 Å². The average molecular weight is 847 g/mol. The molecule has 4 heterocycles. The Kier molecular flexibility index (Phi) is 7.79. The summed E-state index contributed by atoms with van der Waals surface area (Å²) in [5.41, 5.74) is 9.86. The first-order chi connectivity index (χ1) is 32.2. The molecule has 302 valence electrons. The normalized spacial score (nSPS) is 12.0. The van der Waals surface area contributed by atoms with Crippen molar-refractivity contribution in [3.8, 4) is 51.0 Å². The van der Waals surface area contributed by atoms with Gasteiger partial charge in [-0.15, -0.1) is 11.3 Å². The Labute approximate surface area is 376 Å². The molecule has 0 fully saturated rings. The summed E-state index contributed by atoms with van der Waals surface area (Å²) in [6, 6.07) is 73.3. The van der Waals surface area contributed by atoms with Crippen molar-refractivity contribution in [3.05, 3.63) is 206 Å². The molecule has 14 rings (SSSR count). The van der Waals surface area contributed by atoms with E-state index in [1.54, 1.807) is 0 Å². The highest BCUT2D eigenvalue weighted by Gasteiger charge is 2.24. The molecule has 14 aromatic rings. The maximum atomic E-state index is 6.39. The van der Waals surface area contributed by atoms with Crippen LogP contribution in [0.5, 0.6) is 0 Å². The van der Waals surface area contributed by atoms with E-state index >= 15 is 0 Å². The molecular formula is C59H34N4OS. The van der Waals surface area contributed by atoms with Crippen LogP contribution in [0.25, 0.3) is 136 Å². The zero-order valence-electron chi connectivity index (χ0n) is 34.7. The first kappa shape index (κ1) is 36.1. The molecule has 0 spiro atoms. The molecule has 0 bridgehead atoms. The molecule has 6 heteroatoms. The van der Waals surface area contributed by atoms with Gasteiger partial charge in [0.15, 0.2) is 17.5 Å². The van der Waals surface area contributed by atoms with Gasteiger partial charge in [-0.3, -0.25) is 0 Å². The number of rotatable bonds is 5. The van der Waals surface area contributed by atoms with Crippen LogP contribution in [0.2, 0.25) is 0 Å². The third kappa shape index (κ3) is 5.54. The van der Waals surface area contributed by atoms with Crippen molar-refractivity contribution in [1.29, 1.82) is 0 Å². The lowest BCUT2D eigenvalue weighted by Gasteiger charge is -2.17. The molecule has 0 radical (unpaired) electrons. The predicted octanol–water partition coefficient (Wildman–Crippen LogP) is 16.2. The van der Waals surface area contributed by atoms with E-state index in [1.165, 1.54) is 52.5 Å². The third-order valence-corrected chi connectivity index (χ3v) is 14.2. The van der Waals surface area contributed by atoms with E-state index < -0.39 is 0 Å². The number of hydrogen-bond donors (Lipinski definition) is 0. The smallest absolute Gasteiger partial charge is 0.164 e. The Hall–Kier alpha value is -8.45. The molecule has 0 aliphatic rings. The van der Waals surface area contributed by atoms with Gasteiger partial charge in [0.25, 0.3) is 0 Å². The van der Waals surface area contributed by atoms with Gasteiger partial charge in [-0.05, 0) is 93.3 Å². The summed E-state index contributed by atoms with van der Waals surface area (Å²) in [7, 11) is 0. The van der Waals surface area contributed by atoms with Crippen LogP contribution in [-0.2, 0) is 0 Å². The van der Waals surface area contributed by atoms with Gasteiger partial charge in [0.05, 0.1) is 11.0 Å². The molecule has 0 unspecified atom stereocenters. The summed E-state index contributed by atoms with van der Waals surface area (Å²) in [5.74, 6) is 1.78. The van der Waals surface area contributed by atoms with E-state index in [4.69, 9.17) is 19.4 Å². The minimum atomic E-state index is 0.583. The number of para-hydroxylation sites is 2. The number of thiophene rings is 1. The lowest BCUT2D eigenvalue weighted by atomic mass is 9.91. The van der Waals surface area contributed by atoms with Gasteiger partial charge < -0.3 is 8.98 Å². The highest BCUT2D eigenvalue weighted by Crippen LogP contribution is 2.47. The third-order valence-electron chi connectivity index (χ3n) is 13.0. The molecule has 0 saturated heterocycles. The number of furan rings is 1. The number of benzene rings is 10. The van der Waals surface area contributed by atoms with Crippen molar-refractivity contribution in [2.45, 2.75) is 0 Å². The minimum absolute atomic E-state index is 0.583. The molecule has 0 aliphatic carbocycles. The minimum Gasteiger partial charge on any atom is -0.456 e. The van der Waals surface area contributed by atoms with Gasteiger partial charge in [0, 0.05) is 64.1 Å². The molecule has 5 nitrogen and oxygen atoms in total. The molecular weight excluding hydrogens is 813 g/mol. The number of nitrogens with zero attached hydrogens (tertiary/aromatic N) is 4. The summed E-state index contributed by atoms with van der Waals surface area (Å²) in [6.45, 7) is 0. The molecule has 0 saturated carbocycles. The average Bonchev–Trinajstić information content (AvgIpc) is 4.05. The van der Waals surface area contributed by atoms with Crippen LogP contribution in [-0.4, -0.2) is 19.5 Å². The first-order valence-corrected chi connectivity index (χ1v) is 22.7. The Bertz CT molecular complexity index is 4260. The van der Waals surface area contributed by atoms with Crippen LogP contribution >= 0.6 is 11.3 Å². The maximum Gasteiger partial charge on any atom is 0.164 e. The first-order valence-electron chi connectivity index (χ1n) is 21.8. The molecule has 10 aromatic carbocycles. The standard InChI is InChI=1S/C59H34N4OS/c1-2-15-35(16-3-1)57-60-58(62-59(61-57)45-24-14-27-52-54(45)43-22-9-12-26-51(43)64-52)42-30-29-39(63-49-25-11-8-21-41(49)47-31-36-17-4-5-18-37(36)33-50(47)63)34-46(42)48-32-38-19-6-7-20-40(38)56-55(48)44-23-10-13-28-53(44)65-56/h1-34H. The lowest BCUT2D eigenvalue weighted by Crippen LogP contribution is -2.02. The topological polar surface area (TPSA) is 56.7 Å². The zero-order chi connectivity index (χ0) is 42.6. The Morgan fingerprint density at radius 2 is 1.03 bits per heavy atom. The van der Waals surface area contributed by atoms with Crippen molar-refractivity contribution in [2.24, 2.45) is 0 Å². The van der Waals surface area contributed by atoms with Crippen molar-refractivity contribution < 1.29 is 4.42 Å². The Morgan fingerprint density at radius 3 is 1.89 bits per heavy atom. The van der Waals surface area contributed by atoms with Gasteiger partial charge in [-0.25, -0.2) is 15.0 Å². The van der Waals surface area contributed by atoms with E-state index in [0.717, 1.165) is 66.5 Å². The zero-order valence-corrected chi connectivity index (χ0v) is 35.6. The Balaban J connectivity index is 1.11. The van der Waals surface area contributed by atoms with Crippen LogP contribution in [0, 0.1) is 0 Å². The number of fused-ring (bicyclic) bond motifs is 12. The summed E-state index contributed by atoms with van der Waals surface area (Å²) in [4.78, 5) is 16.1. The van der Waals surface area contributed by atoms with Crippen molar-refractivity contribution >= 4 is 96.8 Å². The van der Waals surface area contributed by atoms with Crippen LogP contribution in [0.3, 0.4) is 0 Å². The second-order valence-electron chi connectivity index (χ2n) is 16.7. The summed E-state index contributed by atoms with van der Waals surface area (Å²) < 4.78 is 11.3. The van der Waals surface area contributed by atoms with Gasteiger partial charge in [0.2, 0.25) is 0 Å². The largest absolute Gasteiger partial charge is 0.456 e. The van der Waals surface area contributed by atoms with Gasteiger partial charge in [0.1, 0.15) is 11.2 Å². The van der Waals surface area contributed by atoms with E-state index in [1.807, 2.05) is 59.9 Å². The van der Waals surface area contributed by atoms with Gasteiger partial charge in [-0.1, -0.05) is 146 Å². The van der Waals surface area contributed by atoms with E-state index in [2.05, 4.69) is 162 Å². The van der Waals surface area contributed by atoms with Crippen LogP contribution < -0.4 is 0 Å². The predicted molar refractivity (Wildman–Crippen MR) is 271 cm³/mol. The van der Waals surface area contributed by atoms with Gasteiger partial charge in [-0.2, -0.15) is 0 Å². The van der Waals surface area contributed by atoms with E-state index in [-0.39, 0.29) is 0 Å². The van der Waals surface area contributed by atoms with Crippen LogP contribution in [0.1, 0.15) is 0 Å².